The monoisotopic (exact) mass is 250 g/mol. The number of ether oxygens (including phenoxy) is 1. The zero-order valence-corrected chi connectivity index (χ0v) is 10.8. The number of hydrogen-bond acceptors (Lipinski definition) is 3. The van der Waals surface area contributed by atoms with Gasteiger partial charge in [0.25, 0.3) is 0 Å². The molecule has 0 aliphatic rings. The zero-order valence-electron chi connectivity index (χ0n) is 10.0. The van der Waals surface area contributed by atoms with Gasteiger partial charge in [0.15, 0.2) is 4.91 Å². The lowest BCUT2D eigenvalue weighted by molar-refractivity contribution is -0.135. The van der Waals surface area contributed by atoms with Gasteiger partial charge in [0.05, 0.1) is 7.11 Å². The van der Waals surface area contributed by atoms with Crippen molar-refractivity contribution in [2.45, 2.75) is 18.7 Å². The van der Waals surface area contributed by atoms with E-state index >= 15 is 0 Å². The number of hydrogen-bond donors (Lipinski definition) is 0. The molecule has 0 bridgehead atoms. The van der Waals surface area contributed by atoms with Gasteiger partial charge in [-0.15, -0.1) is 0 Å². The molecule has 0 aliphatic carbocycles. The third-order valence-electron chi connectivity index (χ3n) is 1.88. The summed E-state index contributed by atoms with van der Waals surface area (Å²) in [6.45, 7) is 3.57. The number of benzene rings is 1. The minimum atomic E-state index is -1.56. The van der Waals surface area contributed by atoms with Gasteiger partial charge in [-0.05, 0) is 31.6 Å². The van der Waals surface area contributed by atoms with Gasteiger partial charge in [0.1, 0.15) is 10.8 Å². The first-order valence-electron chi connectivity index (χ1n) is 5.05. The van der Waals surface area contributed by atoms with Crippen LogP contribution in [-0.4, -0.2) is 17.3 Å². The predicted octanol–water partition coefficient (Wildman–Crippen LogP) is 2.42. The van der Waals surface area contributed by atoms with Crippen LogP contribution in [0.3, 0.4) is 0 Å². The number of carbonyl (C=O) groups excluding carboxylic acids is 1. The Hall–Kier alpha value is -1.64. The van der Waals surface area contributed by atoms with Gasteiger partial charge >= 0.3 is 5.97 Å². The molecule has 1 aromatic rings. The summed E-state index contributed by atoms with van der Waals surface area (Å²) in [5.74, 6) is -0.617. The Labute approximate surface area is 103 Å². The second kappa shape index (κ2) is 6.18. The molecule has 0 amide bonds. The van der Waals surface area contributed by atoms with Crippen LogP contribution in [-0.2, 0) is 20.3 Å². The zero-order chi connectivity index (χ0) is 12.8. The third kappa shape index (κ3) is 3.70. The van der Waals surface area contributed by atoms with Crippen LogP contribution in [0.25, 0.3) is 0 Å². The Morgan fingerprint density at radius 2 is 1.82 bits per heavy atom. The predicted molar refractivity (Wildman–Crippen MR) is 66.8 cm³/mol. The van der Waals surface area contributed by atoms with Gasteiger partial charge in [-0.1, -0.05) is 23.9 Å². The first kappa shape index (κ1) is 13.4. The Kier molecular flexibility index (Phi) is 4.88. The highest BCUT2D eigenvalue weighted by molar-refractivity contribution is 7.90. The highest BCUT2D eigenvalue weighted by atomic mass is 32.2. The molecule has 0 heterocycles. The van der Waals surface area contributed by atoms with E-state index in [1.165, 1.54) is 7.11 Å². The van der Waals surface area contributed by atoms with Crippen molar-refractivity contribution in [1.29, 1.82) is 0 Å². The summed E-state index contributed by atoms with van der Waals surface area (Å²) in [5, 5.41) is 0. The number of esters is 1. The topological polar surface area (TPSA) is 43.4 Å². The normalized spacial score (nSPS) is 11.2. The first-order valence-corrected chi connectivity index (χ1v) is 6.20. The summed E-state index contributed by atoms with van der Waals surface area (Å²) >= 11 is 0. The van der Waals surface area contributed by atoms with Crippen LogP contribution < -0.4 is 0 Å². The van der Waals surface area contributed by atoms with Gasteiger partial charge in [-0.25, -0.2) is 9.00 Å². The summed E-state index contributed by atoms with van der Waals surface area (Å²) in [4.78, 5) is 12.1. The molecule has 0 saturated carbocycles. The van der Waals surface area contributed by atoms with Crippen LogP contribution >= 0.6 is 0 Å². The van der Waals surface area contributed by atoms with Crippen molar-refractivity contribution in [2.24, 2.45) is 0 Å². The highest BCUT2D eigenvalue weighted by Gasteiger charge is 2.18. The van der Waals surface area contributed by atoms with Gasteiger partial charge in [0.2, 0.25) is 0 Å². The van der Waals surface area contributed by atoms with Crippen molar-refractivity contribution in [2.75, 3.05) is 7.11 Å². The summed E-state index contributed by atoms with van der Waals surface area (Å²) in [7, 11) is -0.300. The Bertz CT molecular complexity index is 493. The van der Waals surface area contributed by atoms with Gasteiger partial charge in [-0.2, -0.15) is 0 Å². The molecular weight excluding hydrogens is 236 g/mol. The van der Waals surface area contributed by atoms with Crippen molar-refractivity contribution < 1.29 is 13.7 Å². The van der Waals surface area contributed by atoms with E-state index in [4.69, 9.17) is 0 Å². The lowest BCUT2D eigenvalue weighted by atomic mass is 10.3. The SMILES string of the molecule is COC(=O)C(=C=C(C)C)[S@](=O)c1ccccc1. The molecule has 0 aromatic heterocycles. The maximum Gasteiger partial charge on any atom is 0.355 e. The van der Waals surface area contributed by atoms with E-state index in [0.29, 0.717) is 4.90 Å². The summed E-state index contributed by atoms with van der Waals surface area (Å²) in [5.41, 5.74) is 3.56. The second-order valence-electron chi connectivity index (χ2n) is 3.53. The molecular formula is C13H14O3S. The smallest absolute Gasteiger partial charge is 0.355 e. The second-order valence-corrected chi connectivity index (χ2v) is 4.94. The van der Waals surface area contributed by atoms with E-state index in [1.807, 2.05) is 6.07 Å². The Morgan fingerprint density at radius 3 is 2.29 bits per heavy atom. The fourth-order valence-electron chi connectivity index (χ4n) is 1.15. The molecule has 1 rings (SSSR count). The van der Waals surface area contributed by atoms with E-state index in [9.17, 15) is 9.00 Å². The van der Waals surface area contributed by atoms with Gasteiger partial charge in [0, 0.05) is 4.90 Å². The minimum absolute atomic E-state index is 0.0405. The molecule has 17 heavy (non-hydrogen) atoms. The lowest BCUT2D eigenvalue weighted by Crippen LogP contribution is -2.09. The van der Waals surface area contributed by atoms with E-state index in [-0.39, 0.29) is 4.91 Å². The van der Waals surface area contributed by atoms with Crippen LogP contribution in [0.4, 0.5) is 0 Å². The van der Waals surface area contributed by atoms with Gasteiger partial charge in [-0.3, -0.25) is 0 Å². The average molecular weight is 250 g/mol. The van der Waals surface area contributed by atoms with Crippen molar-refractivity contribution in [3.05, 3.63) is 46.5 Å². The fourth-order valence-corrected chi connectivity index (χ4v) is 2.33. The standard InChI is InChI=1S/C13H14O3S/c1-10(2)9-12(13(14)16-3)17(15)11-7-5-4-6-8-11/h4-8H,1-3H3/t17-/m1/s1. The first-order chi connectivity index (χ1) is 8.06. The average Bonchev–Trinajstić information content (AvgIpc) is 2.35. The molecule has 4 heteroatoms. The van der Waals surface area contributed by atoms with E-state index < -0.39 is 16.8 Å². The fraction of sp³-hybridized carbons (Fsp3) is 0.231. The van der Waals surface area contributed by atoms with E-state index in [1.54, 1.807) is 38.1 Å². The summed E-state index contributed by atoms with van der Waals surface area (Å²) in [6.07, 6.45) is 0. The summed E-state index contributed by atoms with van der Waals surface area (Å²) in [6, 6.07) is 8.76. The molecule has 0 fully saturated rings. The molecule has 0 radical (unpaired) electrons. The van der Waals surface area contributed by atoms with Crippen LogP contribution in [0, 0.1) is 0 Å². The third-order valence-corrected chi connectivity index (χ3v) is 3.22. The lowest BCUT2D eigenvalue weighted by Gasteiger charge is -2.03. The van der Waals surface area contributed by atoms with Crippen LogP contribution in [0.15, 0.2) is 51.4 Å². The molecule has 0 unspecified atom stereocenters. The molecule has 0 aliphatic heterocycles. The van der Waals surface area contributed by atoms with Crippen molar-refractivity contribution >= 4 is 16.8 Å². The summed E-state index contributed by atoms with van der Waals surface area (Å²) < 4.78 is 16.8. The highest BCUT2D eigenvalue weighted by Crippen LogP contribution is 2.15. The number of carbonyl (C=O) groups is 1. The van der Waals surface area contributed by atoms with Crippen LogP contribution in [0.2, 0.25) is 0 Å². The number of rotatable bonds is 3. The van der Waals surface area contributed by atoms with E-state index in [0.717, 1.165) is 5.57 Å². The van der Waals surface area contributed by atoms with Crippen LogP contribution in [0.1, 0.15) is 13.8 Å². The Balaban J connectivity index is 3.24. The van der Waals surface area contributed by atoms with Gasteiger partial charge < -0.3 is 4.74 Å². The Morgan fingerprint density at radius 1 is 1.24 bits per heavy atom. The minimum Gasteiger partial charge on any atom is -0.465 e. The molecule has 3 nitrogen and oxygen atoms in total. The molecule has 1 aromatic carbocycles. The van der Waals surface area contributed by atoms with E-state index in [2.05, 4.69) is 10.5 Å². The van der Waals surface area contributed by atoms with Crippen molar-refractivity contribution in [3.63, 3.8) is 0 Å². The van der Waals surface area contributed by atoms with Crippen molar-refractivity contribution in [1.82, 2.24) is 0 Å². The number of methoxy groups -OCH3 is 1. The van der Waals surface area contributed by atoms with Crippen LogP contribution in [0.5, 0.6) is 0 Å². The molecule has 0 spiro atoms. The molecule has 0 saturated heterocycles. The molecule has 0 N–H and O–H groups in total. The largest absolute Gasteiger partial charge is 0.465 e. The maximum absolute atomic E-state index is 12.2. The molecule has 90 valence electrons. The maximum atomic E-state index is 12.2. The molecule has 1 atom stereocenters. The quantitative estimate of drug-likeness (QED) is 0.470. The van der Waals surface area contributed by atoms with Crippen molar-refractivity contribution in [3.8, 4) is 0 Å².